The number of aliphatic hydroxyl groups is 1. The van der Waals surface area contributed by atoms with E-state index in [-0.39, 0.29) is 17.9 Å². The van der Waals surface area contributed by atoms with E-state index in [2.05, 4.69) is 0 Å². The molecule has 102 valence electrons. The van der Waals surface area contributed by atoms with Gasteiger partial charge in [0, 0.05) is 24.6 Å². The van der Waals surface area contributed by atoms with Crippen LogP contribution in [0.15, 0.2) is 18.2 Å². The van der Waals surface area contributed by atoms with Gasteiger partial charge in [0.2, 0.25) is 0 Å². The molecule has 19 heavy (non-hydrogen) atoms. The van der Waals surface area contributed by atoms with Crippen molar-refractivity contribution in [3.8, 4) is 0 Å². The fraction of sp³-hybridized carbons (Fsp3) is 0.533. The van der Waals surface area contributed by atoms with Crippen molar-refractivity contribution >= 4 is 5.91 Å². The number of ether oxygens (including phenoxy) is 1. The zero-order valence-electron chi connectivity index (χ0n) is 11.1. The molecule has 2 unspecified atom stereocenters. The van der Waals surface area contributed by atoms with Crippen molar-refractivity contribution in [1.29, 1.82) is 0 Å². The third kappa shape index (κ3) is 2.38. The normalized spacial score (nSPS) is 23.5. The van der Waals surface area contributed by atoms with Gasteiger partial charge >= 0.3 is 0 Å². The molecule has 2 aliphatic heterocycles. The molecule has 0 radical (unpaired) electrons. The molecule has 1 amide bonds. The Hall–Kier alpha value is -1.39. The van der Waals surface area contributed by atoms with E-state index in [1.807, 2.05) is 23.1 Å². The molecular formula is C15H19NO3. The van der Waals surface area contributed by atoms with Crippen LogP contribution in [0.4, 0.5) is 0 Å². The number of hydrogen-bond donors (Lipinski definition) is 1. The van der Waals surface area contributed by atoms with E-state index in [1.54, 1.807) is 6.92 Å². The van der Waals surface area contributed by atoms with Crippen LogP contribution in [0.1, 0.15) is 34.8 Å². The Morgan fingerprint density at radius 1 is 1.42 bits per heavy atom. The van der Waals surface area contributed by atoms with Crippen molar-refractivity contribution in [1.82, 2.24) is 4.90 Å². The summed E-state index contributed by atoms with van der Waals surface area (Å²) in [5.41, 5.74) is 3.03. The zero-order valence-corrected chi connectivity index (χ0v) is 11.1. The van der Waals surface area contributed by atoms with Gasteiger partial charge in [-0.15, -0.1) is 0 Å². The zero-order chi connectivity index (χ0) is 13.4. The number of hydrogen-bond acceptors (Lipinski definition) is 3. The number of carbonyl (C=O) groups is 1. The SMILES string of the molecule is CC(O)C1CCN(C(=O)c2ccc3c(c2)COC3)C1. The first-order valence-electron chi connectivity index (χ1n) is 6.82. The van der Waals surface area contributed by atoms with Crippen LogP contribution in [0.25, 0.3) is 0 Å². The average molecular weight is 261 g/mol. The third-order valence-corrected chi connectivity index (χ3v) is 4.16. The highest BCUT2D eigenvalue weighted by molar-refractivity contribution is 5.94. The molecular weight excluding hydrogens is 242 g/mol. The Balaban J connectivity index is 1.74. The van der Waals surface area contributed by atoms with Crippen LogP contribution in [-0.2, 0) is 18.0 Å². The quantitative estimate of drug-likeness (QED) is 0.879. The van der Waals surface area contributed by atoms with Gasteiger partial charge in [0.05, 0.1) is 19.3 Å². The van der Waals surface area contributed by atoms with Crippen LogP contribution in [0.3, 0.4) is 0 Å². The summed E-state index contributed by atoms with van der Waals surface area (Å²) in [5.74, 6) is 0.277. The monoisotopic (exact) mass is 261 g/mol. The molecule has 2 atom stereocenters. The summed E-state index contributed by atoms with van der Waals surface area (Å²) in [7, 11) is 0. The lowest BCUT2D eigenvalue weighted by molar-refractivity contribution is 0.0762. The maximum atomic E-state index is 12.4. The van der Waals surface area contributed by atoms with Crippen molar-refractivity contribution in [3.05, 3.63) is 34.9 Å². The Morgan fingerprint density at radius 3 is 2.95 bits per heavy atom. The Morgan fingerprint density at radius 2 is 2.21 bits per heavy atom. The number of carbonyl (C=O) groups excluding carboxylic acids is 1. The highest BCUT2D eigenvalue weighted by atomic mass is 16.5. The highest BCUT2D eigenvalue weighted by Crippen LogP contribution is 2.24. The van der Waals surface area contributed by atoms with Crippen LogP contribution in [0.2, 0.25) is 0 Å². The number of rotatable bonds is 2. The second-order valence-corrected chi connectivity index (χ2v) is 5.52. The van der Waals surface area contributed by atoms with E-state index in [4.69, 9.17) is 4.74 Å². The molecule has 2 heterocycles. The Labute approximate surface area is 113 Å². The topological polar surface area (TPSA) is 49.8 Å². The fourth-order valence-electron chi connectivity index (χ4n) is 2.85. The van der Waals surface area contributed by atoms with E-state index in [0.717, 1.165) is 24.1 Å². The van der Waals surface area contributed by atoms with E-state index in [9.17, 15) is 9.90 Å². The molecule has 0 aliphatic carbocycles. The van der Waals surface area contributed by atoms with Gasteiger partial charge in [-0.3, -0.25) is 4.79 Å². The van der Waals surface area contributed by atoms with E-state index < -0.39 is 0 Å². The van der Waals surface area contributed by atoms with Crippen LogP contribution < -0.4 is 0 Å². The second kappa shape index (κ2) is 4.94. The lowest BCUT2D eigenvalue weighted by Crippen LogP contribution is -2.30. The molecule has 3 rings (SSSR count). The molecule has 1 N–H and O–H groups in total. The van der Waals surface area contributed by atoms with Gasteiger partial charge in [-0.1, -0.05) is 6.07 Å². The highest BCUT2D eigenvalue weighted by Gasteiger charge is 2.29. The Kier molecular flexibility index (Phi) is 3.29. The summed E-state index contributed by atoms with van der Waals surface area (Å²) in [6, 6.07) is 5.81. The summed E-state index contributed by atoms with van der Waals surface area (Å²) in [4.78, 5) is 14.3. The summed E-state index contributed by atoms with van der Waals surface area (Å²) >= 11 is 0. The molecule has 0 bridgehead atoms. The van der Waals surface area contributed by atoms with Crippen molar-refractivity contribution in [2.45, 2.75) is 32.7 Å². The van der Waals surface area contributed by atoms with E-state index >= 15 is 0 Å². The fourth-order valence-corrected chi connectivity index (χ4v) is 2.85. The Bertz CT molecular complexity index is 498. The van der Waals surface area contributed by atoms with Crippen LogP contribution in [0, 0.1) is 5.92 Å². The lowest BCUT2D eigenvalue weighted by atomic mass is 10.0. The van der Waals surface area contributed by atoms with Gasteiger partial charge < -0.3 is 14.7 Å². The number of likely N-dealkylation sites (tertiary alicyclic amines) is 1. The molecule has 1 aromatic rings. The number of fused-ring (bicyclic) bond motifs is 1. The van der Waals surface area contributed by atoms with Crippen molar-refractivity contribution in [2.24, 2.45) is 5.92 Å². The third-order valence-electron chi connectivity index (χ3n) is 4.16. The summed E-state index contributed by atoms with van der Waals surface area (Å²) < 4.78 is 5.37. The number of amides is 1. The predicted molar refractivity (Wildman–Crippen MR) is 70.6 cm³/mol. The predicted octanol–water partition coefficient (Wildman–Crippen LogP) is 1.56. The smallest absolute Gasteiger partial charge is 0.253 e. The maximum absolute atomic E-state index is 12.4. The van der Waals surface area contributed by atoms with Gasteiger partial charge in [0.25, 0.3) is 5.91 Å². The minimum absolute atomic E-state index is 0.0675. The van der Waals surface area contributed by atoms with Crippen molar-refractivity contribution < 1.29 is 14.6 Å². The average Bonchev–Trinajstić information content (AvgIpc) is 3.06. The van der Waals surface area contributed by atoms with Gasteiger partial charge in [-0.05, 0) is 36.6 Å². The number of aliphatic hydroxyl groups excluding tert-OH is 1. The molecule has 0 spiro atoms. The molecule has 4 heteroatoms. The molecule has 0 aromatic heterocycles. The van der Waals surface area contributed by atoms with Crippen LogP contribution in [0.5, 0.6) is 0 Å². The largest absolute Gasteiger partial charge is 0.393 e. The summed E-state index contributed by atoms with van der Waals surface area (Å²) in [6.45, 7) is 4.45. The molecule has 1 fully saturated rings. The van der Waals surface area contributed by atoms with Gasteiger partial charge in [0.15, 0.2) is 0 Å². The minimum atomic E-state index is -0.341. The van der Waals surface area contributed by atoms with E-state index in [0.29, 0.717) is 19.8 Å². The van der Waals surface area contributed by atoms with Crippen molar-refractivity contribution in [3.63, 3.8) is 0 Å². The minimum Gasteiger partial charge on any atom is -0.393 e. The number of nitrogens with zero attached hydrogens (tertiary/aromatic N) is 1. The number of benzene rings is 1. The van der Waals surface area contributed by atoms with E-state index in [1.165, 1.54) is 5.56 Å². The standard InChI is InChI=1S/C15H19NO3/c1-10(17)12-4-5-16(7-12)15(18)11-2-3-13-8-19-9-14(13)6-11/h2-3,6,10,12,17H,4-5,7-9H2,1H3. The molecule has 1 saturated heterocycles. The van der Waals surface area contributed by atoms with Crippen LogP contribution >= 0.6 is 0 Å². The molecule has 0 saturated carbocycles. The maximum Gasteiger partial charge on any atom is 0.253 e. The first-order chi connectivity index (χ1) is 9.15. The first-order valence-corrected chi connectivity index (χ1v) is 6.82. The molecule has 1 aromatic carbocycles. The summed E-state index contributed by atoms with van der Waals surface area (Å²) in [5, 5.41) is 9.59. The first kappa shape index (κ1) is 12.6. The second-order valence-electron chi connectivity index (χ2n) is 5.52. The molecule has 4 nitrogen and oxygen atoms in total. The van der Waals surface area contributed by atoms with Gasteiger partial charge in [-0.2, -0.15) is 0 Å². The molecule has 2 aliphatic rings. The van der Waals surface area contributed by atoms with Crippen molar-refractivity contribution in [2.75, 3.05) is 13.1 Å². The van der Waals surface area contributed by atoms with Gasteiger partial charge in [-0.25, -0.2) is 0 Å². The lowest BCUT2D eigenvalue weighted by Gasteiger charge is -2.18. The van der Waals surface area contributed by atoms with Gasteiger partial charge in [0.1, 0.15) is 0 Å². The van der Waals surface area contributed by atoms with Crippen LogP contribution in [-0.4, -0.2) is 35.1 Å². The summed E-state index contributed by atoms with van der Waals surface area (Å²) in [6.07, 6.45) is 0.545.